The van der Waals surface area contributed by atoms with E-state index in [4.69, 9.17) is 4.74 Å². The van der Waals surface area contributed by atoms with Gasteiger partial charge in [-0.2, -0.15) is 0 Å². The van der Waals surface area contributed by atoms with Gasteiger partial charge in [-0.1, -0.05) is 60.7 Å². The van der Waals surface area contributed by atoms with Crippen molar-refractivity contribution < 1.29 is 14.3 Å². The van der Waals surface area contributed by atoms with Crippen LogP contribution < -0.4 is 15.0 Å². The van der Waals surface area contributed by atoms with Gasteiger partial charge in [0.05, 0.1) is 13.0 Å². The second-order valence-corrected chi connectivity index (χ2v) is 7.72. The van der Waals surface area contributed by atoms with E-state index in [1.165, 1.54) is 0 Å². The van der Waals surface area contributed by atoms with E-state index in [2.05, 4.69) is 29.6 Å². The zero-order chi connectivity index (χ0) is 21.6. The third kappa shape index (κ3) is 4.77. The second-order valence-electron chi connectivity index (χ2n) is 7.72. The predicted molar refractivity (Wildman–Crippen MR) is 121 cm³/mol. The van der Waals surface area contributed by atoms with E-state index in [0.717, 1.165) is 22.6 Å². The van der Waals surface area contributed by atoms with Gasteiger partial charge in [0.15, 0.2) is 0 Å². The fraction of sp³-hybridized carbons (Fsp3) is 0.231. The molecule has 1 aliphatic rings. The molecule has 1 saturated heterocycles. The number of carbonyl (C=O) groups is 2. The molecule has 0 saturated carbocycles. The molecule has 1 N–H and O–H groups in total. The zero-order valence-corrected chi connectivity index (χ0v) is 17.5. The first-order chi connectivity index (χ1) is 15.2. The largest absolute Gasteiger partial charge is 0.497 e. The molecule has 5 nitrogen and oxygen atoms in total. The molecule has 1 heterocycles. The van der Waals surface area contributed by atoms with E-state index in [0.29, 0.717) is 13.1 Å². The smallest absolute Gasteiger partial charge is 0.227 e. The second kappa shape index (κ2) is 9.47. The van der Waals surface area contributed by atoms with Crippen LogP contribution in [0.3, 0.4) is 0 Å². The molecule has 0 spiro atoms. The van der Waals surface area contributed by atoms with Crippen molar-refractivity contribution in [2.75, 3.05) is 25.1 Å². The van der Waals surface area contributed by atoms with E-state index < -0.39 is 0 Å². The summed E-state index contributed by atoms with van der Waals surface area (Å²) in [4.78, 5) is 27.1. The Kier molecular flexibility index (Phi) is 6.32. The van der Waals surface area contributed by atoms with Crippen molar-refractivity contribution in [3.05, 3.63) is 96.1 Å². The first kappa shape index (κ1) is 20.7. The van der Waals surface area contributed by atoms with E-state index >= 15 is 0 Å². The lowest BCUT2D eigenvalue weighted by molar-refractivity contribution is -0.126. The Labute approximate surface area is 182 Å². The number of methoxy groups -OCH3 is 1. The Morgan fingerprint density at radius 1 is 0.968 bits per heavy atom. The summed E-state index contributed by atoms with van der Waals surface area (Å²) in [5.74, 6) is 0.315. The molecule has 1 fully saturated rings. The minimum absolute atomic E-state index is 0.0343. The molecular weight excluding hydrogens is 388 g/mol. The number of anilines is 1. The van der Waals surface area contributed by atoms with E-state index in [1.54, 1.807) is 12.0 Å². The number of amides is 2. The highest BCUT2D eigenvalue weighted by Gasteiger charge is 2.35. The van der Waals surface area contributed by atoms with Gasteiger partial charge >= 0.3 is 0 Å². The normalized spacial score (nSPS) is 15.9. The minimum Gasteiger partial charge on any atom is -0.497 e. The van der Waals surface area contributed by atoms with Crippen molar-refractivity contribution in [1.29, 1.82) is 0 Å². The van der Waals surface area contributed by atoms with Gasteiger partial charge in [-0.05, 0) is 35.4 Å². The molecule has 3 aromatic carbocycles. The number of ether oxygens (including phenoxy) is 1. The third-order valence-electron chi connectivity index (χ3n) is 5.76. The Bertz CT molecular complexity index is 980. The summed E-state index contributed by atoms with van der Waals surface area (Å²) >= 11 is 0. The molecule has 158 valence electrons. The van der Waals surface area contributed by atoms with Gasteiger partial charge in [0.2, 0.25) is 11.8 Å². The van der Waals surface area contributed by atoms with Crippen molar-refractivity contribution >= 4 is 17.5 Å². The van der Waals surface area contributed by atoms with Crippen LogP contribution in [0.5, 0.6) is 5.75 Å². The summed E-state index contributed by atoms with van der Waals surface area (Å²) in [7, 11) is 1.61. The average Bonchev–Trinajstić information content (AvgIpc) is 3.22. The molecule has 1 atom stereocenters. The lowest BCUT2D eigenvalue weighted by atomic mass is 9.91. The highest BCUT2D eigenvalue weighted by molar-refractivity contribution is 6.00. The molecule has 0 aromatic heterocycles. The number of nitrogens with one attached hydrogen (secondary N) is 1. The molecule has 4 rings (SSSR count). The van der Waals surface area contributed by atoms with Crippen molar-refractivity contribution in [1.82, 2.24) is 5.32 Å². The lowest BCUT2D eigenvalue weighted by Crippen LogP contribution is -2.35. The first-order valence-corrected chi connectivity index (χ1v) is 10.5. The van der Waals surface area contributed by atoms with Crippen LogP contribution >= 0.6 is 0 Å². The fourth-order valence-corrected chi connectivity index (χ4v) is 4.04. The minimum atomic E-state index is -0.359. The monoisotopic (exact) mass is 414 g/mol. The SMILES string of the molecule is COc1ccc(N2C[C@@H](C(=O)NCC(c3ccccc3)c3ccccc3)CC2=O)cc1. The standard InChI is InChI=1S/C26H26N2O3/c1-31-23-14-12-22(13-15-23)28-18-21(16-25(28)29)26(30)27-17-24(19-8-4-2-5-9-19)20-10-6-3-7-11-20/h2-15,21,24H,16-18H2,1H3,(H,27,30)/t21-/m0/s1. The van der Waals surface area contributed by atoms with Gasteiger partial charge in [-0.3, -0.25) is 9.59 Å². The van der Waals surface area contributed by atoms with Gasteiger partial charge in [0.1, 0.15) is 5.75 Å². The van der Waals surface area contributed by atoms with Crippen LogP contribution in [0.15, 0.2) is 84.9 Å². The van der Waals surface area contributed by atoms with Crippen LogP contribution in [0.4, 0.5) is 5.69 Å². The van der Waals surface area contributed by atoms with Crippen molar-refractivity contribution in [3.63, 3.8) is 0 Å². The maximum atomic E-state index is 12.9. The van der Waals surface area contributed by atoms with E-state index in [-0.39, 0.29) is 30.1 Å². The summed E-state index contributed by atoms with van der Waals surface area (Å²) in [5.41, 5.74) is 3.08. The number of hydrogen-bond donors (Lipinski definition) is 1. The molecular formula is C26H26N2O3. The highest BCUT2D eigenvalue weighted by Crippen LogP contribution is 2.28. The van der Waals surface area contributed by atoms with Crippen LogP contribution in [0.2, 0.25) is 0 Å². The summed E-state index contributed by atoms with van der Waals surface area (Å²) in [6.45, 7) is 0.873. The Morgan fingerprint density at radius 2 is 1.55 bits per heavy atom. The molecule has 3 aromatic rings. The van der Waals surface area contributed by atoms with Crippen molar-refractivity contribution in [2.45, 2.75) is 12.3 Å². The molecule has 31 heavy (non-hydrogen) atoms. The molecule has 0 aliphatic carbocycles. The average molecular weight is 415 g/mol. The number of carbonyl (C=O) groups excluding carboxylic acids is 2. The van der Waals surface area contributed by atoms with Crippen molar-refractivity contribution in [2.24, 2.45) is 5.92 Å². The maximum absolute atomic E-state index is 12.9. The van der Waals surface area contributed by atoms with Gasteiger partial charge in [0.25, 0.3) is 0 Å². The predicted octanol–water partition coefficient (Wildman–Crippen LogP) is 4.00. The van der Waals surface area contributed by atoms with E-state index in [9.17, 15) is 9.59 Å². The Hall–Kier alpha value is -3.60. The van der Waals surface area contributed by atoms with Gasteiger partial charge in [0, 0.05) is 31.1 Å². The molecule has 0 radical (unpaired) electrons. The third-order valence-corrected chi connectivity index (χ3v) is 5.76. The van der Waals surface area contributed by atoms with Gasteiger partial charge in [-0.25, -0.2) is 0 Å². The fourth-order valence-electron chi connectivity index (χ4n) is 4.04. The van der Waals surface area contributed by atoms with Gasteiger partial charge in [-0.15, -0.1) is 0 Å². The Balaban J connectivity index is 1.43. The molecule has 0 unspecified atom stereocenters. The van der Waals surface area contributed by atoms with Crippen LogP contribution in [-0.2, 0) is 9.59 Å². The maximum Gasteiger partial charge on any atom is 0.227 e. The summed E-state index contributed by atoms with van der Waals surface area (Å²) in [5, 5.41) is 3.09. The van der Waals surface area contributed by atoms with Crippen molar-refractivity contribution in [3.8, 4) is 5.75 Å². The highest BCUT2D eigenvalue weighted by atomic mass is 16.5. The Morgan fingerprint density at radius 3 is 2.10 bits per heavy atom. The molecule has 1 aliphatic heterocycles. The van der Waals surface area contributed by atoms with Crippen LogP contribution in [0.25, 0.3) is 0 Å². The van der Waals surface area contributed by atoms with Crippen LogP contribution in [0.1, 0.15) is 23.5 Å². The number of benzene rings is 3. The molecule has 2 amide bonds. The summed E-state index contributed by atoms with van der Waals surface area (Å²) < 4.78 is 5.18. The molecule has 5 heteroatoms. The number of hydrogen-bond acceptors (Lipinski definition) is 3. The topological polar surface area (TPSA) is 58.6 Å². The van der Waals surface area contributed by atoms with Crippen LogP contribution in [0, 0.1) is 5.92 Å². The van der Waals surface area contributed by atoms with Gasteiger partial charge < -0.3 is 15.0 Å². The summed E-state index contributed by atoms with van der Waals surface area (Å²) in [6, 6.07) is 27.7. The quantitative estimate of drug-likeness (QED) is 0.636. The number of nitrogens with zero attached hydrogens (tertiary/aromatic N) is 1. The van der Waals surface area contributed by atoms with Crippen LogP contribution in [-0.4, -0.2) is 32.0 Å². The first-order valence-electron chi connectivity index (χ1n) is 10.5. The molecule has 0 bridgehead atoms. The number of rotatable bonds is 7. The summed E-state index contributed by atoms with van der Waals surface area (Å²) in [6.07, 6.45) is 0.221. The zero-order valence-electron chi connectivity index (χ0n) is 17.5. The van der Waals surface area contributed by atoms with E-state index in [1.807, 2.05) is 60.7 Å². The lowest BCUT2D eigenvalue weighted by Gasteiger charge is -2.20.